The predicted molar refractivity (Wildman–Crippen MR) is 72.9 cm³/mol. The van der Waals surface area contributed by atoms with Crippen LogP contribution >= 0.6 is 0 Å². The molecule has 0 saturated carbocycles. The number of anilines is 1. The molecule has 1 aromatic heterocycles. The second-order valence-corrected chi connectivity index (χ2v) is 4.36. The number of hydrogen-bond acceptors (Lipinski definition) is 6. The fraction of sp³-hybridized carbons (Fsp3) is 0. The average molecular weight is 287 g/mol. The highest BCUT2D eigenvalue weighted by molar-refractivity contribution is 5.66. The van der Waals surface area contributed by atoms with E-state index in [1.165, 1.54) is 24.3 Å². The molecular formula is C14H10FN3O3. The predicted octanol–water partition coefficient (Wildman–Crippen LogP) is 2.54. The number of aromatic nitrogens is 2. The van der Waals surface area contributed by atoms with Gasteiger partial charge >= 0.3 is 0 Å². The molecule has 106 valence electrons. The van der Waals surface area contributed by atoms with Crippen LogP contribution in [0.3, 0.4) is 0 Å². The van der Waals surface area contributed by atoms with Crippen LogP contribution in [0.2, 0.25) is 0 Å². The van der Waals surface area contributed by atoms with Gasteiger partial charge in [0.15, 0.2) is 11.6 Å². The zero-order valence-corrected chi connectivity index (χ0v) is 10.6. The highest BCUT2D eigenvalue weighted by Gasteiger charge is 2.13. The van der Waals surface area contributed by atoms with Gasteiger partial charge in [0.1, 0.15) is 5.75 Å². The topological polar surface area (TPSA) is 105 Å². The summed E-state index contributed by atoms with van der Waals surface area (Å²) >= 11 is 0. The Hall–Kier alpha value is -3.09. The van der Waals surface area contributed by atoms with Crippen LogP contribution in [-0.2, 0) is 0 Å². The maximum absolute atomic E-state index is 13.3. The van der Waals surface area contributed by atoms with E-state index in [9.17, 15) is 9.50 Å². The van der Waals surface area contributed by atoms with Crippen LogP contribution < -0.4 is 5.73 Å². The van der Waals surface area contributed by atoms with Gasteiger partial charge < -0.3 is 20.5 Å². The highest BCUT2D eigenvalue weighted by atomic mass is 19.1. The molecule has 4 N–H and O–H groups in total. The lowest BCUT2D eigenvalue weighted by molar-refractivity contribution is 0.429. The molecule has 3 rings (SSSR count). The van der Waals surface area contributed by atoms with Crippen molar-refractivity contribution in [1.82, 2.24) is 10.1 Å². The van der Waals surface area contributed by atoms with E-state index in [2.05, 4.69) is 10.1 Å². The zero-order valence-electron chi connectivity index (χ0n) is 10.6. The van der Waals surface area contributed by atoms with Gasteiger partial charge in [-0.05, 0) is 36.4 Å². The molecule has 0 bridgehead atoms. The number of nitrogens with zero attached hydrogens (tertiary/aromatic N) is 2. The Morgan fingerprint density at radius 2 is 1.71 bits per heavy atom. The largest absolute Gasteiger partial charge is 0.506 e. The summed E-state index contributed by atoms with van der Waals surface area (Å²) in [7, 11) is 0. The molecule has 0 atom stereocenters. The molecule has 0 unspecified atom stereocenters. The minimum atomic E-state index is -0.771. The highest BCUT2D eigenvalue weighted by Crippen LogP contribution is 2.29. The van der Waals surface area contributed by atoms with Crippen molar-refractivity contribution in [3.8, 4) is 34.3 Å². The van der Waals surface area contributed by atoms with Gasteiger partial charge in [0, 0.05) is 11.1 Å². The summed E-state index contributed by atoms with van der Waals surface area (Å²) in [4.78, 5) is 4.13. The molecule has 21 heavy (non-hydrogen) atoms. The molecule has 2 aromatic carbocycles. The van der Waals surface area contributed by atoms with Crippen LogP contribution in [0.15, 0.2) is 40.9 Å². The van der Waals surface area contributed by atoms with E-state index in [1.54, 1.807) is 6.07 Å². The summed E-state index contributed by atoms with van der Waals surface area (Å²) in [6, 6.07) is 8.26. The van der Waals surface area contributed by atoms with Crippen molar-refractivity contribution in [2.45, 2.75) is 0 Å². The third-order valence-electron chi connectivity index (χ3n) is 2.91. The van der Waals surface area contributed by atoms with Crippen LogP contribution in [0.4, 0.5) is 10.1 Å². The molecule has 7 heteroatoms. The number of phenols is 2. The van der Waals surface area contributed by atoms with Crippen LogP contribution in [0.1, 0.15) is 0 Å². The number of aromatic hydroxyl groups is 2. The summed E-state index contributed by atoms with van der Waals surface area (Å²) < 4.78 is 18.4. The van der Waals surface area contributed by atoms with E-state index in [-0.39, 0.29) is 23.2 Å². The first kappa shape index (κ1) is 12.9. The Morgan fingerprint density at radius 3 is 2.43 bits per heavy atom. The minimum absolute atomic E-state index is 0.0425. The first-order valence-electron chi connectivity index (χ1n) is 5.96. The second kappa shape index (κ2) is 4.78. The van der Waals surface area contributed by atoms with Crippen molar-refractivity contribution < 1.29 is 19.1 Å². The number of halogens is 1. The van der Waals surface area contributed by atoms with Gasteiger partial charge in [0.05, 0.1) is 5.69 Å². The van der Waals surface area contributed by atoms with E-state index in [4.69, 9.17) is 15.4 Å². The van der Waals surface area contributed by atoms with E-state index in [1.807, 2.05) is 0 Å². The fourth-order valence-electron chi connectivity index (χ4n) is 1.79. The van der Waals surface area contributed by atoms with Crippen LogP contribution in [0.25, 0.3) is 22.8 Å². The molecule has 0 radical (unpaired) electrons. The van der Waals surface area contributed by atoms with Crippen molar-refractivity contribution in [3.05, 3.63) is 42.2 Å². The lowest BCUT2D eigenvalue weighted by Gasteiger charge is -1.99. The lowest BCUT2D eigenvalue weighted by Crippen LogP contribution is -1.87. The van der Waals surface area contributed by atoms with E-state index in [0.717, 1.165) is 6.07 Å². The first-order chi connectivity index (χ1) is 10.0. The monoisotopic (exact) mass is 287 g/mol. The van der Waals surface area contributed by atoms with Crippen molar-refractivity contribution in [2.75, 3.05) is 5.73 Å². The summed E-state index contributed by atoms with van der Waals surface area (Å²) in [5.74, 6) is -0.902. The van der Waals surface area contributed by atoms with E-state index >= 15 is 0 Å². The van der Waals surface area contributed by atoms with E-state index in [0.29, 0.717) is 11.1 Å². The number of phenolic OH excluding ortho intramolecular Hbond substituents is 2. The third kappa shape index (κ3) is 2.36. The normalized spacial score (nSPS) is 10.7. The van der Waals surface area contributed by atoms with Gasteiger partial charge in [-0.1, -0.05) is 5.16 Å². The van der Waals surface area contributed by atoms with Crippen LogP contribution in [-0.4, -0.2) is 20.4 Å². The Balaban J connectivity index is 1.99. The summed E-state index contributed by atoms with van der Waals surface area (Å²) in [6.07, 6.45) is 0. The molecule has 0 fully saturated rings. The average Bonchev–Trinajstić information content (AvgIpc) is 2.94. The standard InChI is InChI=1S/C14H10FN3O3/c15-9-5-7(1-3-11(9)19)13-17-14(21-18-13)8-2-4-12(20)10(16)6-8/h1-6,19-20H,16H2. The molecule has 0 aliphatic carbocycles. The molecule has 0 aliphatic heterocycles. The smallest absolute Gasteiger partial charge is 0.258 e. The van der Waals surface area contributed by atoms with E-state index < -0.39 is 11.6 Å². The van der Waals surface area contributed by atoms with Gasteiger partial charge in [-0.3, -0.25) is 0 Å². The Bertz CT molecular complexity index is 751. The number of nitrogens with two attached hydrogens (primary N) is 1. The van der Waals surface area contributed by atoms with Crippen molar-refractivity contribution in [1.29, 1.82) is 0 Å². The van der Waals surface area contributed by atoms with Crippen molar-refractivity contribution >= 4 is 5.69 Å². The second-order valence-electron chi connectivity index (χ2n) is 4.36. The van der Waals surface area contributed by atoms with Gasteiger partial charge in [0.2, 0.25) is 5.82 Å². The molecule has 0 saturated heterocycles. The Morgan fingerprint density at radius 1 is 1.00 bits per heavy atom. The van der Waals surface area contributed by atoms with Gasteiger partial charge in [-0.25, -0.2) is 4.39 Å². The lowest BCUT2D eigenvalue weighted by atomic mass is 10.2. The molecule has 1 heterocycles. The first-order valence-corrected chi connectivity index (χ1v) is 5.96. The number of nitrogen functional groups attached to an aromatic ring is 1. The maximum Gasteiger partial charge on any atom is 0.258 e. The number of benzene rings is 2. The van der Waals surface area contributed by atoms with Crippen molar-refractivity contribution in [3.63, 3.8) is 0 Å². The molecule has 3 aromatic rings. The number of rotatable bonds is 2. The van der Waals surface area contributed by atoms with Crippen molar-refractivity contribution in [2.24, 2.45) is 0 Å². The maximum atomic E-state index is 13.3. The van der Waals surface area contributed by atoms with Crippen LogP contribution in [0, 0.1) is 5.82 Å². The summed E-state index contributed by atoms with van der Waals surface area (Å²) in [5.41, 5.74) is 6.68. The molecule has 0 aliphatic rings. The van der Waals surface area contributed by atoms with Gasteiger partial charge in [-0.15, -0.1) is 0 Å². The zero-order chi connectivity index (χ0) is 15.0. The van der Waals surface area contributed by atoms with Crippen LogP contribution in [0.5, 0.6) is 11.5 Å². The fourth-order valence-corrected chi connectivity index (χ4v) is 1.79. The molecule has 0 spiro atoms. The summed E-state index contributed by atoms with van der Waals surface area (Å²) in [5, 5.41) is 22.3. The number of hydrogen-bond donors (Lipinski definition) is 3. The molecule has 6 nitrogen and oxygen atoms in total. The van der Waals surface area contributed by atoms with Gasteiger partial charge in [-0.2, -0.15) is 4.98 Å². The summed E-state index contributed by atoms with van der Waals surface area (Å²) in [6.45, 7) is 0. The molecular weight excluding hydrogens is 277 g/mol. The quantitative estimate of drug-likeness (QED) is 0.494. The Kier molecular flexibility index (Phi) is 2.94. The molecule has 0 amide bonds. The minimum Gasteiger partial charge on any atom is -0.506 e. The van der Waals surface area contributed by atoms with Gasteiger partial charge in [0.25, 0.3) is 5.89 Å². The SMILES string of the molecule is Nc1cc(-c2nc(-c3ccc(O)c(F)c3)no2)ccc1O. The Labute approximate surface area is 118 Å². The third-order valence-corrected chi connectivity index (χ3v) is 2.91.